The van der Waals surface area contributed by atoms with Gasteiger partial charge in [0.05, 0.1) is 0 Å². The van der Waals surface area contributed by atoms with Crippen molar-refractivity contribution in [3.8, 4) is 5.88 Å². The van der Waals surface area contributed by atoms with Gasteiger partial charge in [0.15, 0.2) is 6.61 Å². The molecule has 3 N–H and O–H groups in total. The predicted octanol–water partition coefficient (Wildman–Crippen LogP) is 1.29. The van der Waals surface area contributed by atoms with E-state index < -0.39 is 12.8 Å². The van der Waals surface area contributed by atoms with E-state index in [1.165, 1.54) is 6.20 Å². The highest BCUT2D eigenvalue weighted by Gasteiger charge is 2.28. The highest BCUT2D eigenvalue weighted by Crippen LogP contribution is 2.20. The fourth-order valence-electron chi connectivity index (χ4n) is 1.14. The highest BCUT2D eigenvalue weighted by atomic mass is 19.4. The van der Waals surface area contributed by atoms with Crippen LogP contribution < -0.4 is 16.0 Å². The molecule has 0 spiro atoms. The van der Waals surface area contributed by atoms with Gasteiger partial charge in [-0.15, -0.1) is 0 Å². The molecular weight excluding hydrogens is 223 g/mol. The summed E-state index contributed by atoms with van der Waals surface area (Å²) < 4.78 is 40.2. The summed E-state index contributed by atoms with van der Waals surface area (Å²) in [7, 11) is 0. The molecule has 1 heterocycles. The standard InChI is InChI=1S/C9H12F3N3O/c1-6-2-7(4-15-13)3-14-8(6)16-5-9(10,11)12/h2-3,15H,4-5,13H2,1H3. The maximum atomic E-state index is 11.9. The molecule has 7 heteroatoms. The van der Waals surface area contributed by atoms with Gasteiger partial charge < -0.3 is 4.74 Å². The van der Waals surface area contributed by atoms with Crippen LogP contribution in [-0.4, -0.2) is 17.8 Å². The first-order chi connectivity index (χ1) is 7.42. The summed E-state index contributed by atoms with van der Waals surface area (Å²) in [4.78, 5) is 3.78. The minimum Gasteiger partial charge on any atom is -0.468 e. The minimum atomic E-state index is -4.36. The zero-order valence-corrected chi connectivity index (χ0v) is 8.64. The Kier molecular flexibility index (Phi) is 4.08. The molecule has 0 saturated carbocycles. The van der Waals surface area contributed by atoms with Crippen molar-refractivity contribution in [3.63, 3.8) is 0 Å². The van der Waals surface area contributed by atoms with E-state index in [-0.39, 0.29) is 5.88 Å². The summed E-state index contributed by atoms with van der Waals surface area (Å²) in [5.74, 6) is 5.09. The van der Waals surface area contributed by atoms with Gasteiger partial charge in [-0.2, -0.15) is 13.2 Å². The fraction of sp³-hybridized carbons (Fsp3) is 0.444. The zero-order chi connectivity index (χ0) is 12.2. The Morgan fingerprint density at radius 2 is 2.19 bits per heavy atom. The summed E-state index contributed by atoms with van der Waals surface area (Å²) in [5, 5.41) is 0. The van der Waals surface area contributed by atoms with Gasteiger partial charge in [0.1, 0.15) is 0 Å². The summed E-state index contributed by atoms with van der Waals surface area (Å²) in [6.45, 7) is 0.682. The van der Waals surface area contributed by atoms with Gasteiger partial charge in [0.2, 0.25) is 5.88 Å². The third kappa shape index (κ3) is 4.03. The normalized spacial score (nSPS) is 11.6. The van der Waals surface area contributed by atoms with Crippen molar-refractivity contribution >= 4 is 0 Å². The van der Waals surface area contributed by atoms with Crippen molar-refractivity contribution in [3.05, 3.63) is 23.4 Å². The monoisotopic (exact) mass is 235 g/mol. The lowest BCUT2D eigenvalue weighted by Gasteiger charge is -2.11. The molecule has 0 unspecified atom stereocenters. The van der Waals surface area contributed by atoms with Gasteiger partial charge in [-0.3, -0.25) is 11.3 Å². The predicted molar refractivity (Wildman–Crippen MR) is 51.6 cm³/mol. The van der Waals surface area contributed by atoms with E-state index in [2.05, 4.69) is 15.1 Å². The second kappa shape index (κ2) is 5.13. The molecule has 16 heavy (non-hydrogen) atoms. The Morgan fingerprint density at radius 3 is 2.69 bits per heavy atom. The highest BCUT2D eigenvalue weighted by molar-refractivity contribution is 5.28. The van der Waals surface area contributed by atoms with E-state index in [0.717, 1.165) is 5.56 Å². The van der Waals surface area contributed by atoms with Gasteiger partial charge in [-0.25, -0.2) is 4.98 Å². The van der Waals surface area contributed by atoms with Crippen molar-refractivity contribution in [2.45, 2.75) is 19.6 Å². The minimum absolute atomic E-state index is 0.0157. The molecule has 0 fully saturated rings. The van der Waals surface area contributed by atoms with Crippen LogP contribution in [0.4, 0.5) is 13.2 Å². The summed E-state index contributed by atoms with van der Waals surface area (Å²) in [5.41, 5.74) is 3.74. The van der Waals surface area contributed by atoms with Crippen molar-refractivity contribution in [2.75, 3.05) is 6.61 Å². The molecule has 0 atom stereocenters. The number of ether oxygens (including phenoxy) is 1. The van der Waals surface area contributed by atoms with Crippen LogP contribution in [0, 0.1) is 6.92 Å². The smallest absolute Gasteiger partial charge is 0.422 e. The van der Waals surface area contributed by atoms with Gasteiger partial charge in [0, 0.05) is 18.3 Å². The van der Waals surface area contributed by atoms with Crippen molar-refractivity contribution in [1.82, 2.24) is 10.4 Å². The number of hydrazine groups is 1. The summed E-state index contributed by atoms with van der Waals surface area (Å²) in [6.07, 6.45) is -2.94. The van der Waals surface area contributed by atoms with Crippen LogP contribution >= 0.6 is 0 Å². The van der Waals surface area contributed by atoms with Crippen LogP contribution in [0.5, 0.6) is 5.88 Å². The number of nitrogens with one attached hydrogen (secondary N) is 1. The Hall–Kier alpha value is -1.34. The second-order valence-corrected chi connectivity index (χ2v) is 3.25. The van der Waals surface area contributed by atoms with Gasteiger partial charge >= 0.3 is 6.18 Å². The molecule has 0 amide bonds. The first-order valence-electron chi connectivity index (χ1n) is 4.51. The van der Waals surface area contributed by atoms with Crippen LogP contribution in [0.25, 0.3) is 0 Å². The molecule has 90 valence electrons. The maximum absolute atomic E-state index is 11.9. The molecule has 1 aromatic rings. The quantitative estimate of drug-likeness (QED) is 0.610. The molecule has 0 bridgehead atoms. The molecule has 0 saturated heterocycles. The number of hydrogen-bond donors (Lipinski definition) is 2. The fourth-order valence-corrected chi connectivity index (χ4v) is 1.14. The average molecular weight is 235 g/mol. The number of pyridine rings is 1. The number of aryl methyl sites for hydroxylation is 1. The van der Waals surface area contributed by atoms with E-state index in [4.69, 9.17) is 5.84 Å². The lowest BCUT2D eigenvalue weighted by atomic mass is 10.2. The van der Waals surface area contributed by atoms with E-state index in [0.29, 0.717) is 12.1 Å². The lowest BCUT2D eigenvalue weighted by molar-refractivity contribution is -0.154. The first kappa shape index (κ1) is 12.7. The summed E-state index contributed by atoms with van der Waals surface area (Å²) >= 11 is 0. The average Bonchev–Trinajstić information content (AvgIpc) is 2.15. The molecule has 0 aliphatic rings. The van der Waals surface area contributed by atoms with E-state index in [9.17, 15) is 13.2 Å². The molecule has 0 aliphatic heterocycles. The molecule has 1 aromatic heterocycles. The topological polar surface area (TPSA) is 60.2 Å². The lowest BCUT2D eigenvalue weighted by Crippen LogP contribution is -2.21. The summed E-state index contributed by atoms with van der Waals surface area (Å²) in [6, 6.07) is 1.67. The van der Waals surface area contributed by atoms with Crippen LogP contribution in [-0.2, 0) is 6.54 Å². The van der Waals surface area contributed by atoms with Crippen LogP contribution in [0.2, 0.25) is 0 Å². The van der Waals surface area contributed by atoms with Crippen LogP contribution in [0.15, 0.2) is 12.3 Å². The third-order valence-electron chi connectivity index (χ3n) is 1.77. The first-order valence-corrected chi connectivity index (χ1v) is 4.51. The van der Waals surface area contributed by atoms with Gasteiger partial charge in [-0.05, 0) is 18.6 Å². The third-order valence-corrected chi connectivity index (χ3v) is 1.77. The number of halogens is 3. The molecule has 0 radical (unpaired) electrons. The Morgan fingerprint density at radius 1 is 1.50 bits per heavy atom. The van der Waals surface area contributed by atoms with Gasteiger partial charge in [0.25, 0.3) is 0 Å². The van der Waals surface area contributed by atoms with E-state index in [1.54, 1.807) is 13.0 Å². The Bertz CT molecular complexity index is 354. The SMILES string of the molecule is Cc1cc(CNN)cnc1OCC(F)(F)F. The number of nitrogens with two attached hydrogens (primary N) is 1. The number of rotatable bonds is 4. The largest absolute Gasteiger partial charge is 0.468 e. The number of alkyl halides is 3. The number of nitrogens with zero attached hydrogens (tertiary/aromatic N) is 1. The Labute approximate surface area is 90.6 Å². The Balaban J connectivity index is 2.68. The van der Waals surface area contributed by atoms with E-state index >= 15 is 0 Å². The molecule has 0 aromatic carbocycles. The second-order valence-electron chi connectivity index (χ2n) is 3.25. The number of aromatic nitrogens is 1. The van der Waals surface area contributed by atoms with Gasteiger partial charge in [-0.1, -0.05) is 0 Å². The molecular formula is C9H12F3N3O. The molecule has 1 rings (SSSR count). The number of hydrogen-bond acceptors (Lipinski definition) is 4. The van der Waals surface area contributed by atoms with Crippen molar-refractivity contribution in [2.24, 2.45) is 5.84 Å². The van der Waals surface area contributed by atoms with Crippen molar-refractivity contribution < 1.29 is 17.9 Å². The van der Waals surface area contributed by atoms with Crippen LogP contribution in [0.1, 0.15) is 11.1 Å². The molecule has 4 nitrogen and oxygen atoms in total. The maximum Gasteiger partial charge on any atom is 0.422 e. The van der Waals surface area contributed by atoms with Crippen LogP contribution in [0.3, 0.4) is 0 Å². The van der Waals surface area contributed by atoms with Crippen molar-refractivity contribution in [1.29, 1.82) is 0 Å². The zero-order valence-electron chi connectivity index (χ0n) is 8.64. The van der Waals surface area contributed by atoms with E-state index in [1.807, 2.05) is 0 Å². The molecule has 0 aliphatic carbocycles.